The Kier molecular flexibility index (Phi) is 7.59. The normalized spacial score (nSPS) is 13.3. The molecular formula is C27H29N3O5S. The molecule has 188 valence electrons. The highest BCUT2D eigenvalue weighted by atomic mass is 32.2. The number of rotatable bonds is 8. The van der Waals surface area contributed by atoms with E-state index in [1.54, 1.807) is 38.2 Å². The molecule has 0 aromatic heterocycles. The van der Waals surface area contributed by atoms with E-state index in [9.17, 15) is 18.0 Å². The van der Waals surface area contributed by atoms with E-state index >= 15 is 0 Å². The Labute approximate surface area is 211 Å². The highest BCUT2D eigenvalue weighted by Gasteiger charge is 2.28. The van der Waals surface area contributed by atoms with Gasteiger partial charge in [-0.1, -0.05) is 48.5 Å². The van der Waals surface area contributed by atoms with Crippen LogP contribution in [0.25, 0.3) is 0 Å². The Morgan fingerprint density at radius 1 is 1.03 bits per heavy atom. The van der Waals surface area contributed by atoms with Crippen molar-refractivity contribution in [1.82, 2.24) is 10.0 Å². The third kappa shape index (κ3) is 5.85. The predicted octanol–water partition coefficient (Wildman–Crippen LogP) is 3.58. The van der Waals surface area contributed by atoms with Crippen molar-refractivity contribution in [3.63, 3.8) is 0 Å². The molecule has 3 amide bonds. The zero-order valence-corrected chi connectivity index (χ0v) is 21.0. The van der Waals surface area contributed by atoms with Gasteiger partial charge in [-0.2, -0.15) is 0 Å². The molecule has 0 saturated carbocycles. The number of nitrogens with one attached hydrogen (secondary N) is 2. The van der Waals surface area contributed by atoms with Gasteiger partial charge in [0.15, 0.2) is 0 Å². The molecule has 0 saturated heterocycles. The molecule has 0 fully saturated rings. The van der Waals surface area contributed by atoms with E-state index in [1.165, 1.54) is 11.0 Å². The first-order valence-corrected chi connectivity index (χ1v) is 13.2. The average Bonchev–Trinajstić information content (AvgIpc) is 3.34. The van der Waals surface area contributed by atoms with Crippen LogP contribution in [0.15, 0.2) is 77.7 Å². The molecule has 8 nitrogen and oxygen atoms in total. The van der Waals surface area contributed by atoms with Crippen LogP contribution in [-0.4, -0.2) is 40.1 Å². The highest BCUT2D eigenvalue weighted by Crippen LogP contribution is 2.29. The number of anilines is 1. The molecule has 1 aliphatic rings. The number of fused-ring (bicyclic) bond motifs is 1. The summed E-state index contributed by atoms with van der Waals surface area (Å²) in [4.78, 5) is 27.8. The zero-order valence-electron chi connectivity index (χ0n) is 20.2. The first-order valence-electron chi connectivity index (χ1n) is 11.7. The second kappa shape index (κ2) is 10.8. The Hall–Kier alpha value is -3.85. The van der Waals surface area contributed by atoms with Gasteiger partial charge in [0, 0.05) is 19.2 Å². The number of ether oxygens (including phenoxy) is 1. The minimum Gasteiger partial charge on any atom is -0.493 e. The van der Waals surface area contributed by atoms with Crippen molar-refractivity contribution in [1.29, 1.82) is 0 Å². The van der Waals surface area contributed by atoms with Crippen LogP contribution in [0, 0.1) is 6.92 Å². The molecule has 0 spiro atoms. The third-order valence-corrected chi connectivity index (χ3v) is 7.66. The number of benzene rings is 3. The number of sulfonamides is 1. The van der Waals surface area contributed by atoms with E-state index in [2.05, 4.69) is 5.32 Å². The van der Waals surface area contributed by atoms with Crippen molar-refractivity contribution >= 4 is 27.6 Å². The van der Waals surface area contributed by atoms with Gasteiger partial charge in [0.1, 0.15) is 11.8 Å². The van der Waals surface area contributed by atoms with Crippen LogP contribution in [0.3, 0.4) is 0 Å². The molecule has 4 rings (SSSR count). The summed E-state index contributed by atoms with van der Waals surface area (Å²) >= 11 is 0. The lowest BCUT2D eigenvalue weighted by Crippen LogP contribution is -2.51. The van der Waals surface area contributed by atoms with Gasteiger partial charge in [0.05, 0.1) is 11.5 Å². The molecule has 2 N–H and O–H groups in total. The summed E-state index contributed by atoms with van der Waals surface area (Å²) in [7, 11) is -2.47. The highest BCUT2D eigenvalue weighted by molar-refractivity contribution is 7.90. The van der Waals surface area contributed by atoms with Gasteiger partial charge in [-0.15, -0.1) is 0 Å². The van der Waals surface area contributed by atoms with Crippen LogP contribution >= 0.6 is 0 Å². The van der Waals surface area contributed by atoms with Gasteiger partial charge in [-0.25, -0.2) is 17.9 Å². The quantitative estimate of drug-likeness (QED) is 0.485. The number of hydrogen-bond donors (Lipinski definition) is 2. The maximum atomic E-state index is 13.5. The summed E-state index contributed by atoms with van der Waals surface area (Å²) in [5, 5.41) is 2.59. The first kappa shape index (κ1) is 25.2. The monoisotopic (exact) mass is 507 g/mol. The summed E-state index contributed by atoms with van der Waals surface area (Å²) in [6.07, 6.45) is 1.58. The number of amides is 3. The number of likely N-dealkylation sites (N-methyl/N-ethyl adjacent to an activating group) is 1. The van der Waals surface area contributed by atoms with Gasteiger partial charge < -0.3 is 15.0 Å². The third-order valence-electron chi connectivity index (χ3n) is 6.17. The van der Waals surface area contributed by atoms with Crippen LogP contribution in [0.4, 0.5) is 10.5 Å². The molecule has 3 aromatic rings. The average molecular weight is 508 g/mol. The van der Waals surface area contributed by atoms with Crippen LogP contribution in [0.5, 0.6) is 5.75 Å². The molecule has 9 heteroatoms. The minimum absolute atomic E-state index is 0.00444. The molecule has 0 unspecified atom stereocenters. The largest absolute Gasteiger partial charge is 0.493 e. The maximum absolute atomic E-state index is 13.5. The fourth-order valence-corrected chi connectivity index (χ4v) is 5.34. The second-order valence-corrected chi connectivity index (χ2v) is 10.4. The smallest absolute Gasteiger partial charge is 0.329 e. The SMILES string of the molecule is Cc1ccccc1S(=O)(=O)NC(=O)N[C@H](CCc1ccccc1)C(=O)N(C)c1ccc2c(c1)CCO2. The predicted molar refractivity (Wildman–Crippen MR) is 138 cm³/mol. The van der Waals surface area contributed by atoms with Gasteiger partial charge in [-0.3, -0.25) is 4.79 Å². The summed E-state index contributed by atoms with van der Waals surface area (Å²) in [5.41, 5.74) is 3.20. The molecule has 0 bridgehead atoms. The fraction of sp³-hybridized carbons (Fsp3) is 0.259. The first-order chi connectivity index (χ1) is 17.2. The molecule has 0 radical (unpaired) electrons. The number of carbonyl (C=O) groups is 2. The van der Waals surface area contributed by atoms with Crippen molar-refractivity contribution in [3.8, 4) is 5.75 Å². The summed E-state index contributed by atoms with van der Waals surface area (Å²) in [6, 6.07) is 19.6. The number of nitrogens with zero attached hydrogens (tertiary/aromatic N) is 1. The molecule has 3 aromatic carbocycles. The van der Waals surface area contributed by atoms with Crippen molar-refractivity contribution < 1.29 is 22.7 Å². The van der Waals surface area contributed by atoms with Crippen LogP contribution in [0.1, 0.15) is 23.1 Å². The fourth-order valence-electron chi connectivity index (χ4n) is 4.18. The van der Waals surface area contributed by atoms with Crippen LogP contribution in [-0.2, 0) is 27.7 Å². The minimum atomic E-state index is -4.11. The summed E-state index contributed by atoms with van der Waals surface area (Å²) in [5.74, 6) is 0.451. The Morgan fingerprint density at radius 2 is 1.75 bits per heavy atom. The summed E-state index contributed by atoms with van der Waals surface area (Å²) in [6.45, 7) is 2.25. The van der Waals surface area contributed by atoms with Gasteiger partial charge in [-0.05, 0) is 60.7 Å². The second-order valence-electron chi connectivity index (χ2n) is 8.71. The molecular weight excluding hydrogens is 478 g/mol. The molecule has 36 heavy (non-hydrogen) atoms. The lowest BCUT2D eigenvalue weighted by molar-refractivity contribution is -0.120. The van der Waals surface area contributed by atoms with E-state index in [-0.39, 0.29) is 10.8 Å². The number of urea groups is 1. The van der Waals surface area contributed by atoms with Crippen molar-refractivity contribution in [2.75, 3.05) is 18.6 Å². The molecule has 1 heterocycles. The van der Waals surface area contributed by atoms with Gasteiger partial charge in [0.25, 0.3) is 10.0 Å². The Bertz CT molecular complexity index is 1360. The van der Waals surface area contributed by atoms with E-state index in [4.69, 9.17) is 4.74 Å². The standard InChI is InChI=1S/C27H29N3O5S/c1-19-8-6-7-11-25(19)36(33,34)29-27(32)28-23(14-12-20-9-4-3-5-10-20)26(31)30(2)22-13-15-24-21(18-22)16-17-35-24/h3-11,13,15,18,23H,12,14,16-17H2,1-2H3,(H2,28,29,32)/t23-/m1/s1. The molecule has 1 atom stereocenters. The molecule has 1 aliphatic heterocycles. The van der Waals surface area contributed by atoms with E-state index in [0.29, 0.717) is 30.7 Å². The number of hydrogen-bond acceptors (Lipinski definition) is 5. The zero-order chi connectivity index (χ0) is 25.7. The van der Waals surface area contributed by atoms with Crippen molar-refractivity contribution in [3.05, 3.63) is 89.5 Å². The Balaban J connectivity index is 1.52. The topological polar surface area (TPSA) is 105 Å². The summed E-state index contributed by atoms with van der Waals surface area (Å²) < 4.78 is 33.1. The van der Waals surface area contributed by atoms with E-state index in [1.807, 2.05) is 47.2 Å². The maximum Gasteiger partial charge on any atom is 0.329 e. The number of carbonyl (C=O) groups excluding carboxylic acids is 2. The van der Waals surface area contributed by atoms with Crippen LogP contribution in [0.2, 0.25) is 0 Å². The van der Waals surface area contributed by atoms with E-state index < -0.39 is 22.1 Å². The molecule has 0 aliphatic carbocycles. The van der Waals surface area contributed by atoms with E-state index in [0.717, 1.165) is 23.3 Å². The Morgan fingerprint density at radius 3 is 2.50 bits per heavy atom. The van der Waals surface area contributed by atoms with Crippen molar-refractivity contribution in [2.45, 2.75) is 37.1 Å². The lowest BCUT2D eigenvalue weighted by atomic mass is 10.0. The van der Waals surface area contributed by atoms with Gasteiger partial charge in [0.2, 0.25) is 5.91 Å². The number of aryl methyl sites for hydroxylation is 2. The lowest BCUT2D eigenvalue weighted by Gasteiger charge is -2.25. The van der Waals surface area contributed by atoms with Crippen molar-refractivity contribution in [2.24, 2.45) is 0 Å². The van der Waals surface area contributed by atoms with Crippen LogP contribution < -0.4 is 19.7 Å². The van der Waals surface area contributed by atoms with Gasteiger partial charge >= 0.3 is 6.03 Å².